The van der Waals surface area contributed by atoms with Crippen LogP contribution in [0.5, 0.6) is 0 Å². The van der Waals surface area contributed by atoms with E-state index in [0.29, 0.717) is 5.15 Å². The lowest BCUT2D eigenvalue weighted by atomic mass is 9.75. The van der Waals surface area contributed by atoms with Crippen molar-refractivity contribution in [3.05, 3.63) is 29.0 Å². The van der Waals surface area contributed by atoms with Crippen LogP contribution in [-0.4, -0.2) is 15.4 Å². The smallest absolute Gasteiger partial charge is 0.155 e. The lowest BCUT2D eigenvalue weighted by Crippen LogP contribution is -2.35. The summed E-state index contributed by atoms with van der Waals surface area (Å²) in [5.41, 5.74) is 0.308. The van der Waals surface area contributed by atoms with Crippen LogP contribution in [0.1, 0.15) is 26.3 Å². The quantitative estimate of drug-likeness (QED) is 0.390. The summed E-state index contributed by atoms with van der Waals surface area (Å²) in [6, 6.07) is 3.53. The van der Waals surface area contributed by atoms with E-state index < -0.39 is 5.41 Å². The Morgan fingerprint density at radius 1 is 1.50 bits per heavy atom. The van der Waals surface area contributed by atoms with Gasteiger partial charge in [-0.05, 0) is 24.5 Å². The van der Waals surface area contributed by atoms with E-state index in [1.807, 2.05) is 26.8 Å². The zero-order chi connectivity index (χ0) is 12.3. The molecule has 0 saturated carbocycles. The zero-order valence-electron chi connectivity index (χ0n) is 9.41. The number of nitrogens with zero attached hydrogens (tertiary/aromatic N) is 2. The first kappa shape index (κ1) is 13.3. The average molecular weight is 261 g/mol. The van der Waals surface area contributed by atoms with E-state index in [1.165, 1.54) is 0 Å². The highest BCUT2D eigenvalue weighted by molar-refractivity contribution is 6.67. The van der Waals surface area contributed by atoms with Crippen LogP contribution in [0.2, 0.25) is 5.15 Å². The van der Waals surface area contributed by atoms with Crippen molar-refractivity contribution in [3.63, 3.8) is 0 Å². The molecule has 0 bridgehead atoms. The van der Waals surface area contributed by atoms with Crippen LogP contribution in [-0.2, 0) is 5.41 Å². The summed E-state index contributed by atoms with van der Waals surface area (Å²) in [5.74, 6) is 0.166. The highest BCUT2D eigenvalue weighted by Gasteiger charge is 2.36. The molecule has 1 aromatic heterocycles. The summed E-state index contributed by atoms with van der Waals surface area (Å²) in [4.78, 5) is 4.01. The number of pyridine rings is 1. The Balaban J connectivity index is 3.27. The Morgan fingerprint density at radius 2 is 2.12 bits per heavy atom. The maximum absolute atomic E-state index is 8.84. The standard InChI is InChI=1S/C11H14Cl2N2O/c1-7(2)11(3,10(13)15-16)8-4-5-9(12)14-6-8/h4-7,16H,1-3H3/b15-10-. The first-order valence-corrected chi connectivity index (χ1v) is 5.68. The van der Waals surface area contributed by atoms with Crippen LogP contribution in [0.3, 0.4) is 0 Å². The summed E-state index contributed by atoms with van der Waals surface area (Å²) in [5, 5.41) is 12.5. The SMILES string of the molecule is CC(C)C(C)(/C(Cl)=N/O)c1ccc(Cl)nc1. The first-order chi connectivity index (χ1) is 7.42. The molecule has 3 nitrogen and oxygen atoms in total. The van der Waals surface area contributed by atoms with Crippen LogP contribution in [0.15, 0.2) is 23.5 Å². The molecule has 1 rings (SSSR count). The lowest BCUT2D eigenvalue weighted by molar-refractivity contribution is 0.310. The van der Waals surface area contributed by atoms with Crippen molar-refractivity contribution < 1.29 is 5.21 Å². The van der Waals surface area contributed by atoms with Gasteiger partial charge in [-0.2, -0.15) is 0 Å². The maximum atomic E-state index is 8.84. The van der Waals surface area contributed by atoms with Crippen molar-refractivity contribution in [2.75, 3.05) is 0 Å². The largest absolute Gasteiger partial charge is 0.410 e. The number of oxime groups is 1. The third kappa shape index (κ3) is 2.30. The third-order valence-electron chi connectivity index (χ3n) is 3.00. The van der Waals surface area contributed by atoms with Gasteiger partial charge in [0.15, 0.2) is 5.17 Å². The van der Waals surface area contributed by atoms with E-state index >= 15 is 0 Å². The van der Waals surface area contributed by atoms with E-state index in [1.54, 1.807) is 12.3 Å². The molecule has 1 N–H and O–H groups in total. The molecule has 0 spiro atoms. The fourth-order valence-electron chi connectivity index (χ4n) is 1.48. The van der Waals surface area contributed by atoms with Crippen molar-refractivity contribution in [2.45, 2.75) is 26.2 Å². The number of hydrogen-bond donors (Lipinski definition) is 1. The molecule has 0 amide bonds. The Hall–Kier alpha value is -0.800. The fraction of sp³-hybridized carbons (Fsp3) is 0.455. The van der Waals surface area contributed by atoms with Crippen molar-refractivity contribution >= 4 is 28.4 Å². The second kappa shape index (κ2) is 5.02. The minimum absolute atomic E-state index is 0.145. The minimum atomic E-state index is -0.562. The van der Waals surface area contributed by atoms with Gasteiger partial charge in [-0.1, -0.05) is 48.3 Å². The maximum Gasteiger partial charge on any atom is 0.155 e. The molecule has 0 saturated heterocycles. The molecule has 0 aliphatic carbocycles. The topological polar surface area (TPSA) is 45.5 Å². The summed E-state index contributed by atoms with van der Waals surface area (Å²) >= 11 is 11.7. The molecule has 16 heavy (non-hydrogen) atoms. The van der Waals surface area contributed by atoms with E-state index in [9.17, 15) is 0 Å². The molecule has 5 heteroatoms. The predicted molar refractivity (Wildman–Crippen MR) is 66.5 cm³/mol. The Bertz CT molecular complexity index is 389. The number of rotatable bonds is 3. The Kier molecular flexibility index (Phi) is 4.16. The van der Waals surface area contributed by atoms with E-state index in [2.05, 4.69) is 10.1 Å². The van der Waals surface area contributed by atoms with Crippen molar-refractivity contribution in [2.24, 2.45) is 11.1 Å². The second-order valence-electron chi connectivity index (χ2n) is 4.12. The first-order valence-electron chi connectivity index (χ1n) is 4.93. The lowest BCUT2D eigenvalue weighted by Gasteiger charge is -2.31. The molecule has 0 fully saturated rings. The fourth-order valence-corrected chi connectivity index (χ4v) is 1.92. The van der Waals surface area contributed by atoms with Crippen molar-refractivity contribution in [3.8, 4) is 0 Å². The molecule has 0 aliphatic rings. The molecule has 1 atom stereocenters. The highest BCUT2D eigenvalue weighted by Crippen LogP contribution is 2.35. The minimum Gasteiger partial charge on any atom is -0.410 e. The monoisotopic (exact) mass is 260 g/mol. The van der Waals surface area contributed by atoms with Crippen LogP contribution in [0, 0.1) is 5.92 Å². The van der Waals surface area contributed by atoms with Gasteiger partial charge in [-0.15, -0.1) is 0 Å². The zero-order valence-corrected chi connectivity index (χ0v) is 10.9. The number of hydrogen-bond acceptors (Lipinski definition) is 3. The van der Waals surface area contributed by atoms with E-state index in [4.69, 9.17) is 28.4 Å². The van der Waals surface area contributed by atoms with Crippen LogP contribution < -0.4 is 0 Å². The highest BCUT2D eigenvalue weighted by atomic mass is 35.5. The van der Waals surface area contributed by atoms with Gasteiger partial charge in [0.25, 0.3) is 0 Å². The van der Waals surface area contributed by atoms with Gasteiger partial charge in [0.2, 0.25) is 0 Å². The van der Waals surface area contributed by atoms with E-state index in [0.717, 1.165) is 5.56 Å². The van der Waals surface area contributed by atoms with Gasteiger partial charge < -0.3 is 5.21 Å². The summed E-state index contributed by atoms with van der Waals surface area (Å²) < 4.78 is 0. The van der Waals surface area contributed by atoms with Gasteiger partial charge >= 0.3 is 0 Å². The van der Waals surface area contributed by atoms with Crippen LogP contribution >= 0.6 is 23.2 Å². The van der Waals surface area contributed by atoms with Crippen LogP contribution in [0.25, 0.3) is 0 Å². The Labute approximate surface area is 105 Å². The van der Waals surface area contributed by atoms with Crippen molar-refractivity contribution in [1.82, 2.24) is 4.98 Å². The molecule has 0 aliphatic heterocycles. The predicted octanol–water partition coefficient (Wildman–Crippen LogP) is 3.68. The number of aromatic nitrogens is 1. The van der Waals surface area contributed by atoms with Gasteiger partial charge in [0.1, 0.15) is 5.15 Å². The summed E-state index contributed by atoms with van der Waals surface area (Å²) in [6.45, 7) is 5.91. The molecular weight excluding hydrogens is 247 g/mol. The molecule has 1 heterocycles. The van der Waals surface area contributed by atoms with Gasteiger partial charge in [-0.3, -0.25) is 0 Å². The molecule has 0 radical (unpaired) electrons. The number of halogens is 2. The molecule has 1 aromatic rings. The normalized spacial score (nSPS) is 16.2. The van der Waals surface area contributed by atoms with Gasteiger partial charge in [0.05, 0.1) is 5.41 Å². The van der Waals surface area contributed by atoms with E-state index in [-0.39, 0.29) is 11.1 Å². The molecular formula is C11H14Cl2N2O. The van der Waals surface area contributed by atoms with Gasteiger partial charge in [-0.25, -0.2) is 4.98 Å². The summed E-state index contributed by atoms with van der Waals surface area (Å²) in [6.07, 6.45) is 1.65. The Morgan fingerprint density at radius 3 is 2.50 bits per heavy atom. The van der Waals surface area contributed by atoms with Crippen molar-refractivity contribution in [1.29, 1.82) is 0 Å². The second-order valence-corrected chi connectivity index (χ2v) is 4.86. The molecule has 0 aromatic carbocycles. The van der Waals surface area contributed by atoms with Gasteiger partial charge in [0, 0.05) is 6.20 Å². The van der Waals surface area contributed by atoms with Crippen LogP contribution in [0.4, 0.5) is 0 Å². The molecule has 1 unspecified atom stereocenters. The third-order valence-corrected chi connectivity index (χ3v) is 3.69. The molecule has 88 valence electrons. The average Bonchev–Trinajstić information content (AvgIpc) is 2.27. The summed E-state index contributed by atoms with van der Waals surface area (Å²) in [7, 11) is 0.